The van der Waals surface area contributed by atoms with Gasteiger partial charge in [0.15, 0.2) is 20.2 Å². The van der Waals surface area contributed by atoms with Crippen LogP contribution in [0.4, 0.5) is 5.82 Å². The number of aliphatic hydroxyl groups is 1. The largest absolute Gasteiger partial charge is 0.479 e. The number of hydrogen-bond donors (Lipinski definition) is 2. The molecule has 1 aliphatic heterocycles. The van der Waals surface area contributed by atoms with Crippen molar-refractivity contribution in [2.75, 3.05) is 19.5 Å². The number of nitrogen functional groups attached to an aromatic ring is 1. The fourth-order valence-electron chi connectivity index (χ4n) is 3.00. The Kier molecular flexibility index (Phi) is 5.19. The van der Waals surface area contributed by atoms with Gasteiger partial charge in [0.2, 0.25) is 5.88 Å². The van der Waals surface area contributed by atoms with Crippen molar-refractivity contribution in [1.29, 1.82) is 0 Å². The van der Waals surface area contributed by atoms with E-state index in [2.05, 4.69) is 48.9 Å². The molecule has 1 saturated heterocycles. The Bertz CT molecular complexity index is 819. The molecule has 150 valence electrons. The Balaban J connectivity index is 1.92. The van der Waals surface area contributed by atoms with Crippen molar-refractivity contribution in [3.05, 3.63) is 6.33 Å². The average molecular weight is 396 g/mol. The lowest BCUT2D eigenvalue weighted by Crippen LogP contribution is -2.46. The van der Waals surface area contributed by atoms with Crippen LogP contribution < -0.4 is 10.5 Å². The number of methoxy groups -OCH3 is 1. The highest BCUT2D eigenvalue weighted by Crippen LogP contribution is 2.42. The van der Waals surface area contributed by atoms with Crippen molar-refractivity contribution in [1.82, 2.24) is 19.7 Å². The zero-order valence-electron chi connectivity index (χ0n) is 16.8. The highest BCUT2D eigenvalue weighted by atomic mass is 28.4. The first-order valence-electron chi connectivity index (χ1n) is 9.06. The highest BCUT2D eigenvalue weighted by molar-refractivity contribution is 6.74. The number of rotatable bonds is 5. The third-order valence-corrected chi connectivity index (χ3v) is 10.1. The second kappa shape index (κ2) is 7.01. The average Bonchev–Trinajstić information content (AvgIpc) is 3.15. The van der Waals surface area contributed by atoms with Crippen LogP contribution in [0.5, 0.6) is 5.88 Å². The summed E-state index contributed by atoms with van der Waals surface area (Å²) in [6, 6.07) is 0. The minimum atomic E-state index is -2.01. The third kappa shape index (κ3) is 3.54. The molecule has 1 aliphatic rings. The molecule has 27 heavy (non-hydrogen) atoms. The van der Waals surface area contributed by atoms with E-state index in [4.69, 9.17) is 19.6 Å². The number of anilines is 1. The summed E-state index contributed by atoms with van der Waals surface area (Å²) >= 11 is 0. The van der Waals surface area contributed by atoms with Gasteiger partial charge in [-0.25, -0.2) is 14.6 Å². The van der Waals surface area contributed by atoms with Gasteiger partial charge in [0.25, 0.3) is 0 Å². The van der Waals surface area contributed by atoms with Gasteiger partial charge in [0, 0.05) is 6.42 Å². The number of nitrogens with zero attached hydrogens (tertiary/aromatic N) is 4. The Hall–Kier alpha value is -1.75. The predicted molar refractivity (Wildman–Crippen MR) is 104 cm³/mol. The van der Waals surface area contributed by atoms with Gasteiger partial charge in [0.1, 0.15) is 23.6 Å². The molecule has 3 atom stereocenters. The van der Waals surface area contributed by atoms with Crippen molar-refractivity contribution in [3.8, 4) is 5.88 Å². The van der Waals surface area contributed by atoms with Crippen molar-refractivity contribution >= 4 is 25.2 Å². The van der Waals surface area contributed by atoms with E-state index in [0.717, 1.165) is 0 Å². The second-order valence-corrected chi connectivity index (χ2v) is 13.1. The summed E-state index contributed by atoms with van der Waals surface area (Å²) in [7, 11) is -0.492. The summed E-state index contributed by atoms with van der Waals surface area (Å²) in [5.41, 5.74) is 6.51. The molecule has 0 spiro atoms. The number of nitrogens with two attached hydrogens (primary N) is 1. The van der Waals surface area contributed by atoms with Crippen LogP contribution >= 0.6 is 0 Å². The minimum Gasteiger partial charge on any atom is -0.479 e. The molecule has 1 fully saturated rings. The first-order valence-corrected chi connectivity index (χ1v) is 12.0. The van der Waals surface area contributed by atoms with Gasteiger partial charge >= 0.3 is 0 Å². The van der Waals surface area contributed by atoms with Crippen molar-refractivity contribution in [2.45, 2.75) is 63.8 Å². The van der Waals surface area contributed by atoms with E-state index < -0.39 is 20.6 Å². The highest BCUT2D eigenvalue weighted by Gasteiger charge is 2.45. The van der Waals surface area contributed by atoms with Gasteiger partial charge < -0.3 is 24.7 Å². The molecular formula is C17H29N5O4Si. The number of fused-ring (bicyclic) bond motifs is 1. The van der Waals surface area contributed by atoms with Gasteiger partial charge in [-0.15, -0.1) is 5.10 Å². The maximum atomic E-state index is 9.82. The van der Waals surface area contributed by atoms with Crippen molar-refractivity contribution in [2.24, 2.45) is 0 Å². The summed E-state index contributed by atoms with van der Waals surface area (Å²) in [5, 5.41) is 14.9. The lowest BCUT2D eigenvalue weighted by Gasteiger charge is -2.39. The van der Waals surface area contributed by atoms with Crippen molar-refractivity contribution < 1.29 is 19.0 Å². The van der Waals surface area contributed by atoms with Crippen LogP contribution in [0.15, 0.2) is 6.33 Å². The van der Waals surface area contributed by atoms with E-state index in [9.17, 15) is 5.11 Å². The fourth-order valence-corrected chi connectivity index (χ4v) is 4.36. The molecular weight excluding hydrogens is 366 g/mol. The van der Waals surface area contributed by atoms with E-state index in [0.29, 0.717) is 29.2 Å². The Morgan fingerprint density at radius 2 is 2.07 bits per heavy atom. The molecule has 0 aliphatic carbocycles. The molecule has 3 heterocycles. The molecule has 0 bridgehead atoms. The molecule has 9 nitrogen and oxygen atoms in total. The second-order valence-electron chi connectivity index (χ2n) is 8.38. The Morgan fingerprint density at radius 1 is 1.37 bits per heavy atom. The van der Waals surface area contributed by atoms with Crippen LogP contribution in [0.3, 0.4) is 0 Å². The Morgan fingerprint density at radius 3 is 2.67 bits per heavy atom. The van der Waals surface area contributed by atoms with Crippen molar-refractivity contribution in [3.63, 3.8) is 0 Å². The smallest absolute Gasteiger partial charge is 0.246 e. The fraction of sp³-hybridized carbons (Fsp3) is 0.706. The molecule has 3 rings (SSSR count). The van der Waals surface area contributed by atoms with Crippen LogP contribution in [0.1, 0.15) is 33.4 Å². The summed E-state index contributed by atoms with van der Waals surface area (Å²) < 4.78 is 19.6. The summed E-state index contributed by atoms with van der Waals surface area (Å²) in [4.78, 5) is 8.31. The molecule has 0 saturated carbocycles. The van der Waals surface area contributed by atoms with Gasteiger partial charge in [0.05, 0.1) is 19.8 Å². The normalized spacial score (nSPS) is 23.9. The van der Waals surface area contributed by atoms with Gasteiger partial charge in [-0.05, 0) is 18.1 Å². The lowest BCUT2D eigenvalue weighted by atomic mass is 10.2. The molecule has 10 heteroatoms. The quantitative estimate of drug-likeness (QED) is 0.739. The molecule has 0 unspecified atom stereocenters. The zero-order valence-corrected chi connectivity index (χ0v) is 17.8. The van der Waals surface area contributed by atoms with E-state index >= 15 is 0 Å². The van der Waals surface area contributed by atoms with Gasteiger partial charge in [-0.3, -0.25) is 0 Å². The molecule has 2 aromatic rings. The van der Waals surface area contributed by atoms with Gasteiger partial charge in [-0.1, -0.05) is 20.8 Å². The number of ether oxygens (including phenoxy) is 2. The molecule has 3 N–H and O–H groups in total. The Labute approximate surface area is 160 Å². The van der Waals surface area contributed by atoms with E-state index in [1.807, 2.05) is 0 Å². The van der Waals surface area contributed by atoms with E-state index in [1.54, 1.807) is 4.68 Å². The molecule has 2 aromatic heterocycles. The number of aliphatic hydroxyl groups excluding tert-OH is 1. The standard InChI is InChI=1S/C17H29N5O4Si/c1-17(2,3)27(5,6)26-10-7-12(25-11(10)8-23)22-15-13(16(21-22)24-4)14(18)19-9-20-15/h9-12,23H,7-8H2,1-6H3,(H2,18,19,20)/t10-,11+,12+/m0/s1. The maximum absolute atomic E-state index is 9.82. The summed E-state index contributed by atoms with van der Waals surface area (Å²) in [5.74, 6) is 0.648. The van der Waals surface area contributed by atoms with Crippen LogP contribution in [-0.2, 0) is 9.16 Å². The topological polar surface area (TPSA) is 118 Å². The van der Waals surface area contributed by atoms with E-state index in [-0.39, 0.29) is 17.7 Å². The van der Waals surface area contributed by atoms with Crippen LogP contribution in [0.2, 0.25) is 18.1 Å². The molecule has 0 aromatic carbocycles. The first-order chi connectivity index (χ1) is 12.6. The number of hydrogen-bond acceptors (Lipinski definition) is 8. The monoisotopic (exact) mass is 395 g/mol. The summed E-state index contributed by atoms with van der Waals surface area (Å²) in [6.07, 6.45) is 0.871. The van der Waals surface area contributed by atoms with E-state index in [1.165, 1.54) is 13.4 Å². The first kappa shape index (κ1) is 20.0. The number of aromatic nitrogens is 4. The zero-order chi connectivity index (χ0) is 20.0. The van der Waals surface area contributed by atoms with Gasteiger partial charge in [-0.2, -0.15) is 0 Å². The summed E-state index contributed by atoms with van der Waals surface area (Å²) in [6.45, 7) is 10.8. The minimum absolute atomic E-state index is 0.0639. The maximum Gasteiger partial charge on any atom is 0.246 e. The van der Waals surface area contributed by atoms with Crippen LogP contribution in [-0.4, -0.2) is 59.1 Å². The van der Waals surface area contributed by atoms with Crippen LogP contribution in [0, 0.1) is 0 Å². The molecule has 0 radical (unpaired) electrons. The molecule has 0 amide bonds. The SMILES string of the molecule is COc1nn([C@H]2C[C@H](O[Si](C)(C)C(C)(C)C)[C@@H](CO)O2)c2ncnc(N)c12. The third-order valence-electron chi connectivity index (χ3n) is 5.56. The lowest BCUT2D eigenvalue weighted by molar-refractivity contribution is -0.0453. The van der Waals surface area contributed by atoms with Crippen LogP contribution in [0.25, 0.3) is 11.0 Å². The predicted octanol–water partition coefficient (Wildman–Crippen LogP) is 2.09.